The Hall–Kier alpha value is -2.03. The van der Waals surface area contributed by atoms with Crippen LogP contribution in [0, 0.1) is 25.5 Å². The van der Waals surface area contributed by atoms with Crippen LogP contribution in [0.5, 0.6) is 0 Å². The predicted molar refractivity (Wildman–Crippen MR) is 78.3 cm³/mol. The minimum absolute atomic E-state index is 0.351. The van der Waals surface area contributed by atoms with Crippen LogP contribution in [0.15, 0.2) is 41.4 Å². The number of aliphatic imine (C=N–C) groups is 1. The van der Waals surface area contributed by atoms with Crippen LogP contribution in [0.2, 0.25) is 0 Å². The maximum absolute atomic E-state index is 13.7. The summed E-state index contributed by atoms with van der Waals surface area (Å²) in [7, 11) is 0. The van der Waals surface area contributed by atoms with Crippen molar-refractivity contribution in [3.05, 3.63) is 70.3 Å². The van der Waals surface area contributed by atoms with E-state index in [9.17, 15) is 8.78 Å². The molecule has 1 nitrogen and oxygen atoms in total. The van der Waals surface area contributed by atoms with Gasteiger partial charge in [0.2, 0.25) is 0 Å². The van der Waals surface area contributed by atoms with Crippen LogP contribution in [0.3, 0.4) is 0 Å². The smallest absolute Gasteiger partial charge is 0.131 e. The van der Waals surface area contributed by atoms with Crippen LogP contribution in [0.25, 0.3) is 0 Å². The molecule has 0 radical (unpaired) electrons. The van der Waals surface area contributed by atoms with Gasteiger partial charge in [-0.05, 0) is 38.0 Å². The first kappa shape index (κ1) is 14.4. The maximum Gasteiger partial charge on any atom is 0.131 e. The van der Waals surface area contributed by atoms with Crippen molar-refractivity contribution in [2.75, 3.05) is 0 Å². The van der Waals surface area contributed by atoms with Gasteiger partial charge in [-0.15, -0.1) is 0 Å². The predicted octanol–water partition coefficient (Wildman–Crippen LogP) is 4.76. The Balaban J connectivity index is 2.24. The minimum Gasteiger partial charge on any atom is -0.285 e. The summed E-state index contributed by atoms with van der Waals surface area (Å²) >= 11 is 0. The number of nitrogens with zero attached hydrogens (tertiary/aromatic N) is 1. The Labute approximate surface area is 118 Å². The summed E-state index contributed by atoms with van der Waals surface area (Å²) in [6, 6.07) is 9.33. The fourth-order valence-corrected chi connectivity index (χ4v) is 2.01. The van der Waals surface area contributed by atoms with Crippen LogP contribution in [0.1, 0.15) is 35.2 Å². The summed E-state index contributed by atoms with van der Waals surface area (Å²) in [4.78, 5) is 4.37. The van der Waals surface area contributed by atoms with Crippen LogP contribution < -0.4 is 0 Å². The molecule has 0 aliphatic carbocycles. The molecule has 0 heterocycles. The number of hydrogen-bond donors (Lipinski definition) is 0. The highest BCUT2D eigenvalue weighted by Gasteiger charge is 2.10. The fourth-order valence-electron chi connectivity index (χ4n) is 2.01. The maximum atomic E-state index is 13.7. The van der Waals surface area contributed by atoms with E-state index in [1.807, 2.05) is 32.0 Å². The van der Waals surface area contributed by atoms with Crippen molar-refractivity contribution in [2.24, 2.45) is 4.99 Å². The molecule has 0 aromatic heterocycles. The fraction of sp³-hybridized carbons (Fsp3) is 0.235. The number of rotatable bonds is 3. The molecule has 3 heteroatoms. The molecule has 1 unspecified atom stereocenters. The first-order valence-electron chi connectivity index (χ1n) is 6.53. The number of benzene rings is 2. The van der Waals surface area contributed by atoms with E-state index in [1.165, 1.54) is 12.1 Å². The summed E-state index contributed by atoms with van der Waals surface area (Å²) in [5.74, 6) is -1.13. The molecule has 2 aromatic rings. The van der Waals surface area contributed by atoms with Crippen molar-refractivity contribution in [3.63, 3.8) is 0 Å². The third kappa shape index (κ3) is 3.29. The first-order chi connectivity index (χ1) is 9.47. The lowest BCUT2D eigenvalue weighted by molar-refractivity contribution is 0.563. The molecular weight excluding hydrogens is 256 g/mol. The van der Waals surface area contributed by atoms with Crippen LogP contribution in [0.4, 0.5) is 8.78 Å². The van der Waals surface area contributed by atoms with E-state index in [0.717, 1.165) is 22.8 Å². The summed E-state index contributed by atoms with van der Waals surface area (Å²) in [6.07, 6.45) is 1.75. The van der Waals surface area contributed by atoms with Gasteiger partial charge in [0.15, 0.2) is 0 Å². The standard InChI is InChI=1S/C17H17F2N/c1-11-4-5-12(2)14(8-11)10-20-13(3)16-7-6-15(18)9-17(16)19/h4-10,13H,1-3H3. The quantitative estimate of drug-likeness (QED) is 0.715. The highest BCUT2D eigenvalue weighted by molar-refractivity contribution is 5.82. The third-order valence-corrected chi connectivity index (χ3v) is 3.28. The number of aryl methyl sites for hydroxylation is 2. The summed E-state index contributed by atoms with van der Waals surface area (Å²) in [6.45, 7) is 5.81. The highest BCUT2D eigenvalue weighted by Crippen LogP contribution is 2.21. The van der Waals surface area contributed by atoms with E-state index in [2.05, 4.69) is 4.99 Å². The average molecular weight is 273 g/mol. The Kier molecular flexibility index (Phi) is 4.28. The lowest BCUT2D eigenvalue weighted by atomic mass is 10.1. The van der Waals surface area contributed by atoms with Crippen molar-refractivity contribution in [1.82, 2.24) is 0 Å². The molecular formula is C17H17F2N. The van der Waals surface area contributed by atoms with Crippen molar-refractivity contribution in [3.8, 4) is 0 Å². The SMILES string of the molecule is Cc1ccc(C)c(C=NC(C)c2ccc(F)cc2F)c1. The molecule has 0 saturated carbocycles. The molecule has 0 aliphatic rings. The molecule has 0 N–H and O–H groups in total. The zero-order chi connectivity index (χ0) is 14.7. The Morgan fingerprint density at radius 2 is 1.80 bits per heavy atom. The monoisotopic (exact) mass is 273 g/mol. The van der Waals surface area contributed by atoms with E-state index in [1.54, 1.807) is 13.1 Å². The molecule has 0 aliphatic heterocycles. The van der Waals surface area contributed by atoms with Gasteiger partial charge in [-0.25, -0.2) is 8.78 Å². The Morgan fingerprint density at radius 3 is 2.50 bits per heavy atom. The molecule has 0 spiro atoms. The molecule has 0 saturated heterocycles. The number of hydrogen-bond acceptors (Lipinski definition) is 1. The van der Waals surface area contributed by atoms with Crippen molar-refractivity contribution in [2.45, 2.75) is 26.8 Å². The zero-order valence-corrected chi connectivity index (χ0v) is 11.8. The molecule has 2 aromatic carbocycles. The van der Waals surface area contributed by atoms with Gasteiger partial charge >= 0.3 is 0 Å². The molecule has 20 heavy (non-hydrogen) atoms. The first-order valence-corrected chi connectivity index (χ1v) is 6.53. The molecule has 0 bridgehead atoms. The summed E-state index contributed by atoms with van der Waals surface area (Å²) in [5.41, 5.74) is 3.68. The van der Waals surface area contributed by atoms with Gasteiger partial charge in [0, 0.05) is 17.8 Å². The van der Waals surface area contributed by atoms with Crippen molar-refractivity contribution < 1.29 is 8.78 Å². The molecule has 0 fully saturated rings. The van der Waals surface area contributed by atoms with Gasteiger partial charge in [0.05, 0.1) is 6.04 Å². The average Bonchev–Trinajstić information content (AvgIpc) is 2.39. The lowest BCUT2D eigenvalue weighted by Crippen LogP contribution is -1.97. The zero-order valence-electron chi connectivity index (χ0n) is 11.8. The second kappa shape index (κ2) is 5.95. The van der Waals surface area contributed by atoms with Crippen molar-refractivity contribution in [1.29, 1.82) is 0 Å². The van der Waals surface area contributed by atoms with Gasteiger partial charge in [0.25, 0.3) is 0 Å². The Morgan fingerprint density at radius 1 is 1.05 bits per heavy atom. The Bertz CT molecular complexity index is 647. The van der Waals surface area contributed by atoms with Crippen LogP contribution >= 0.6 is 0 Å². The van der Waals surface area contributed by atoms with E-state index in [-0.39, 0.29) is 6.04 Å². The van der Waals surface area contributed by atoms with Gasteiger partial charge in [-0.2, -0.15) is 0 Å². The minimum atomic E-state index is -0.572. The lowest BCUT2D eigenvalue weighted by Gasteiger charge is -2.08. The van der Waals surface area contributed by atoms with E-state index >= 15 is 0 Å². The van der Waals surface area contributed by atoms with Gasteiger partial charge in [-0.3, -0.25) is 4.99 Å². The van der Waals surface area contributed by atoms with Crippen LogP contribution in [-0.4, -0.2) is 6.21 Å². The van der Waals surface area contributed by atoms with E-state index < -0.39 is 11.6 Å². The highest BCUT2D eigenvalue weighted by atomic mass is 19.1. The van der Waals surface area contributed by atoms with Gasteiger partial charge < -0.3 is 0 Å². The summed E-state index contributed by atoms with van der Waals surface area (Å²) in [5, 5.41) is 0. The van der Waals surface area contributed by atoms with Gasteiger partial charge in [-0.1, -0.05) is 29.8 Å². The van der Waals surface area contributed by atoms with Crippen molar-refractivity contribution >= 4 is 6.21 Å². The molecule has 0 amide bonds. The second-order valence-electron chi connectivity index (χ2n) is 4.98. The van der Waals surface area contributed by atoms with E-state index in [0.29, 0.717) is 5.56 Å². The van der Waals surface area contributed by atoms with E-state index in [4.69, 9.17) is 0 Å². The van der Waals surface area contributed by atoms with Crippen LogP contribution in [-0.2, 0) is 0 Å². The largest absolute Gasteiger partial charge is 0.285 e. The normalized spacial score (nSPS) is 12.8. The molecule has 104 valence electrons. The third-order valence-electron chi connectivity index (χ3n) is 3.28. The second-order valence-corrected chi connectivity index (χ2v) is 4.98. The number of halogens is 2. The molecule has 2 rings (SSSR count). The topological polar surface area (TPSA) is 12.4 Å². The summed E-state index contributed by atoms with van der Waals surface area (Å²) < 4.78 is 26.5. The van der Waals surface area contributed by atoms with Gasteiger partial charge in [0.1, 0.15) is 11.6 Å². The molecule has 1 atom stereocenters.